The van der Waals surface area contributed by atoms with E-state index < -0.39 is 8.24 Å². The van der Waals surface area contributed by atoms with Gasteiger partial charge in [0.15, 0.2) is 0 Å². The van der Waals surface area contributed by atoms with Gasteiger partial charge in [0.1, 0.15) is 8.24 Å². The minimum Gasteiger partial charge on any atom is -0.332 e. The summed E-state index contributed by atoms with van der Waals surface area (Å²) in [6.07, 6.45) is 2.35. The normalized spacial score (nSPS) is 19.3. The number of hydrogen-bond acceptors (Lipinski definition) is 1. The van der Waals surface area contributed by atoms with Crippen molar-refractivity contribution in [1.82, 2.24) is 4.98 Å². The molecular weight excluding hydrogens is 314 g/mol. The highest BCUT2D eigenvalue weighted by Crippen LogP contribution is 2.43. The van der Waals surface area contributed by atoms with E-state index in [9.17, 15) is 0 Å². The fraction of sp³-hybridized carbons (Fsp3) is 0.500. The average molecular weight is 338 g/mol. The lowest BCUT2D eigenvalue weighted by atomic mass is 10.1. The van der Waals surface area contributed by atoms with Crippen LogP contribution in [0.3, 0.4) is 0 Å². The van der Waals surface area contributed by atoms with Crippen LogP contribution in [-0.2, 0) is 0 Å². The number of fused-ring (bicyclic) bond motifs is 1. The van der Waals surface area contributed by atoms with Crippen LogP contribution in [-0.4, -0.2) is 13.8 Å². The molecule has 0 aliphatic heterocycles. The lowest BCUT2D eigenvalue weighted by molar-refractivity contribution is 0.508. The van der Waals surface area contributed by atoms with Crippen molar-refractivity contribution in [2.24, 2.45) is 0 Å². The first kappa shape index (κ1) is 15.0. The summed E-state index contributed by atoms with van der Waals surface area (Å²) < 4.78 is 1.22. The van der Waals surface area contributed by atoms with E-state index in [1.165, 1.54) is 21.2 Å². The smallest absolute Gasteiger partial charge is 0.131 e. The lowest BCUT2D eigenvalue weighted by Crippen LogP contribution is -2.58. The van der Waals surface area contributed by atoms with Gasteiger partial charge >= 0.3 is 0 Å². The molecule has 1 atom stereocenters. The Kier molecular flexibility index (Phi) is 3.85. The van der Waals surface area contributed by atoms with Crippen molar-refractivity contribution < 1.29 is 0 Å². The van der Waals surface area contributed by atoms with Crippen LogP contribution in [0.15, 0.2) is 28.2 Å². The van der Waals surface area contributed by atoms with Crippen LogP contribution < -0.4 is 4.98 Å². The molecule has 0 saturated carbocycles. The minimum absolute atomic E-state index is 0.171. The third-order valence-corrected chi connectivity index (χ3v) is 7.94. The zero-order valence-corrected chi connectivity index (χ0v) is 15.4. The molecule has 1 aromatic carbocycles. The fourth-order valence-electron chi connectivity index (χ4n) is 3.51. The molecule has 0 spiro atoms. The van der Waals surface area contributed by atoms with Crippen molar-refractivity contribution in [3.05, 3.63) is 39.4 Å². The largest absolute Gasteiger partial charge is 0.332 e. The van der Waals surface area contributed by atoms with Crippen molar-refractivity contribution in [3.8, 4) is 0 Å². The Morgan fingerprint density at radius 1 is 1.21 bits per heavy atom. The van der Waals surface area contributed by atoms with E-state index in [0.717, 1.165) is 0 Å². The molecule has 0 amide bonds. The number of halogens is 1. The molecule has 0 aromatic heterocycles. The summed E-state index contributed by atoms with van der Waals surface area (Å²) >= 11 is 3.68. The molecule has 19 heavy (non-hydrogen) atoms. The molecule has 0 radical (unpaired) electrons. The highest BCUT2D eigenvalue weighted by atomic mass is 79.9. The molecule has 0 saturated heterocycles. The maximum Gasteiger partial charge on any atom is 0.131 e. The van der Waals surface area contributed by atoms with Crippen LogP contribution in [0.4, 0.5) is 0 Å². The Bertz CT molecular complexity index is 526. The van der Waals surface area contributed by atoms with Crippen LogP contribution in [0.2, 0.25) is 13.1 Å². The monoisotopic (exact) mass is 337 g/mol. The first-order chi connectivity index (χ1) is 8.62. The molecule has 0 fully saturated rings. The summed E-state index contributed by atoms with van der Waals surface area (Å²) in [6.45, 7) is 13.9. The second kappa shape index (κ2) is 4.87. The molecule has 0 bridgehead atoms. The number of hydrogen-bond donors (Lipinski definition) is 1. The lowest BCUT2D eigenvalue weighted by Gasteiger charge is -2.39. The average Bonchev–Trinajstić information content (AvgIpc) is 2.52. The minimum atomic E-state index is -1.58. The summed E-state index contributed by atoms with van der Waals surface area (Å²) in [7, 11) is -1.58. The van der Waals surface area contributed by atoms with Gasteiger partial charge in [0, 0.05) is 15.6 Å². The summed E-state index contributed by atoms with van der Waals surface area (Å²) in [4.78, 5) is 3.91. The van der Waals surface area contributed by atoms with E-state index in [2.05, 4.69) is 86.0 Å². The van der Waals surface area contributed by atoms with E-state index in [1.54, 1.807) is 0 Å². The van der Waals surface area contributed by atoms with Gasteiger partial charge in [-0.15, -0.1) is 0 Å². The molecule has 3 heteroatoms. The highest BCUT2D eigenvalue weighted by molar-refractivity contribution is 9.10. The van der Waals surface area contributed by atoms with Crippen molar-refractivity contribution >= 4 is 30.2 Å². The zero-order chi connectivity index (χ0) is 14.4. The van der Waals surface area contributed by atoms with Crippen LogP contribution in [0.25, 0.3) is 6.08 Å². The van der Waals surface area contributed by atoms with E-state index in [4.69, 9.17) is 0 Å². The summed E-state index contributed by atoms with van der Waals surface area (Å²) in [5.74, 6) is 0. The van der Waals surface area contributed by atoms with Gasteiger partial charge in [0.25, 0.3) is 0 Å². The zero-order valence-electron chi connectivity index (χ0n) is 12.8. The maximum atomic E-state index is 3.91. The second-order valence-corrected chi connectivity index (χ2v) is 12.3. The van der Waals surface area contributed by atoms with Crippen LogP contribution >= 0.6 is 15.9 Å². The van der Waals surface area contributed by atoms with E-state index >= 15 is 0 Å². The topological polar surface area (TPSA) is 12.0 Å². The summed E-state index contributed by atoms with van der Waals surface area (Å²) in [6, 6.07) is 6.58. The van der Waals surface area contributed by atoms with E-state index in [-0.39, 0.29) is 5.54 Å². The summed E-state index contributed by atoms with van der Waals surface area (Å²) in [5.41, 5.74) is 5.10. The SMILES string of the molecule is CC1=Cc2c(Br)cccc2C1[Si](C)(C)NC(C)(C)C. The van der Waals surface area contributed by atoms with Gasteiger partial charge in [-0.2, -0.15) is 0 Å². The Morgan fingerprint density at radius 3 is 2.42 bits per heavy atom. The Hall–Kier alpha value is -0.383. The van der Waals surface area contributed by atoms with Gasteiger partial charge in [0.2, 0.25) is 0 Å². The molecular formula is C16H24BrNSi. The Morgan fingerprint density at radius 2 is 1.84 bits per heavy atom. The van der Waals surface area contributed by atoms with Gasteiger partial charge in [-0.1, -0.05) is 52.8 Å². The molecule has 1 aliphatic carbocycles. The number of rotatable bonds is 2. The van der Waals surface area contributed by atoms with Crippen molar-refractivity contribution in [1.29, 1.82) is 0 Å². The molecule has 1 aromatic rings. The van der Waals surface area contributed by atoms with Gasteiger partial charge in [0.05, 0.1) is 0 Å². The van der Waals surface area contributed by atoms with Crippen molar-refractivity contribution in [2.75, 3.05) is 0 Å². The van der Waals surface area contributed by atoms with Gasteiger partial charge in [-0.05, 0) is 44.9 Å². The maximum absolute atomic E-state index is 3.91. The quantitative estimate of drug-likeness (QED) is 0.741. The van der Waals surface area contributed by atoms with Gasteiger partial charge in [-0.3, -0.25) is 0 Å². The van der Waals surface area contributed by atoms with Gasteiger partial charge in [-0.25, -0.2) is 0 Å². The second-order valence-electron chi connectivity index (χ2n) is 7.16. The predicted octanol–water partition coefficient (Wildman–Crippen LogP) is 5.08. The Balaban J connectivity index is 2.43. The first-order valence-electron chi connectivity index (χ1n) is 6.88. The standard InChI is InChI=1S/C16H24BrNSi/c1-11-10-13-12(8-7-9-14(13)17)15(11)19(5,6)18-16(2,3)4/h7-10,15,18H,1-6H3. The molecule has 0 heterocycles. The number of benzene rings is 1. The number of nitrogens with one attached hydrogen (secondary N) is 1. The molecule has 1 aliphatic rings. The third kappa shape index (κ3) is 3.04. The van der Waals surface area contributed by atoms with Crippen LogP contribution in [0.1, 0.15) is 44.4 Å². The first-order valence-corrected chi connectivity index (χ1v) is 10.7. The van der Waals surface area contributed by atoms with Crippen LogP contribution in [0.5, 0.6) is 0 Å². The van der Waals surface area contributed by atoms with Gasteiger partial charge < -0.3 is 4.98 Å². The fourth-order valence-corrected chi connectivity index (χ4v) is 8.33. The van der Waals surface area contributed by atoms with E-state index in [1.807, 2.05) is 0 Å². The van der Waals surface area contributed by atoms with Crippen LogP contribution in [0, 0.1) is 0 Å². The molecule has 1 unspecified atom stereocenters. The Labute approximate surface area is 126 Å². The van der Waals surface area contributed by atoms with Crippen molar-refractivity contribution in [2.45, 2.75) is 51.9 Å². The molecule has 104 valence electrons. The number of allylic oxidation sites excluding steroid dienone is 1. The highest BCUT2D eigenvalue weighted by Gasteiger charge is 2.40. The summed E-state index contributed by atoms with van der Waals surface area (Å²) in [5, 5.41) is 0. The molecule has 2 rings (SSSR count). The predicted molar refractivity (Wildman–Crippen MR) is 90.9 cm³/mol. The molecule has 1 nitrogen and oxygen atoms in total. The molecule has 1 N–H and O–H groups in total. The third-order valence-electron chi connectivity index (χ3n) is 3.64. The van der Waals surface area contributed by atoms with Crippen molar-refractivity contribution in [3.63, 3.8) is 0 Å². The van der Waals surface area contributed by atoms with E-state index in [0.29, 0.717) is 5.54 Å².